The Labute approximate surface area is 120 Å². The standard InChI is InChI=1S/C14H12ClFN2S/c15-13-7-9(14(17)18)1-2-10(13)8-19-12-5-3-11(16)4-6-12/h1-7H,8H2,(H3,17,18). The van der Waals surface area contributed by atoms with E-state index in [1.807, 2.05) is 6.07 Å². The van der Waals surface area contributed by atoms with Crippen molar-refractivity contribution in [3.63, 3.8) is 0 Å². The maximum atomic E-state index is 12.8. The summed E-state index contributed by atoms with van der Waals surface area (Å²) in [5.74, 6) is 0.440. The molecule has 0 spiro atoms. The summed E-state index contributed by atoms with van der Waals surface area (Å²) in [4.78, 5) is 0.980. The average molecular weight is 295 g/mol. The fourth-order valence-corrected chi connectivity index (χ4v) is 2.75. The predicted molar refractivity (Wildman–Crippen MR) is 78.4 cm³/mol. The zero-order valence-corrected chi connectivity index (χ0v) is 11.6. The Morgan fingerprint density at radius 1 is 1.21 bits per heavy atom. The van der Waals surface area contributed by atoms with E-state index in [1.165, 1.54) is 12.1 Å². The van der Waals surface area contributed by atoms with Crippen LogP contribution in [0.2, 0.25) is 5.02 Å². The molecule has 0 aliphatic heterocycles. The second-order valence-electron chi connectivity index (χ2n) is 3.96. The van der Waals surface area contributed by atoms with Gasteiger partial charge in [-0.2, -0.15) is 0 Å². The Hall–Kier alpha value is -1.52. The minimum atomic E-state index is -0.242. The van der Waals surface area contributed by atoms with Gasteiger partial charge in [-0.3, -0.25) is 5.41 Å². The Kier molecular flexibility index (Phi) is 4.45. The molecule has 0 fully saturated rings. The van der Waals surface area contributed by atoms with E-state index in [-0.39, 0.29) is 11.7 Å². The van der Waals surface area contributed by atoms with Gasteiger partial charge in [-0.05, 0) is 35.9 Å². The maximum absolute atomic E-state index is 12.8. The molecule has 0 radical (unpaired) electrons. The molecule has 2 rings (SSSR count). The molecule has 3 N–H and O–H groups in total. The van der Waals surface area contributed by atoms with Crippen molar-refractivity contribution < 1.29 is 4.39 Å². The third-order valence-corrected chi connectivity index (χ3v) is 3.98. The van der Waals surface area contributed by atoms with Gasteiger partial charge in [0.25, 0.3) is 0 Å². The molecule has 2 nitrogen and oxygen atoms in total. The molecule has 5 heteroatoms. The van der Waals surface area contributed by atoms with Gasteiger partial charge >= 0.3 is 0 Å². The van der Waals surface area contributed by atoms with Crippen molar-refractivity contribution in [3.8, 4) is 0 Å². The number of thioether (sulfide) groups is 1. The topological polar surface area (TPSA) is 49.9 Å². The average Bonchev–Trinajstić information content (AvgIpc) is 2.39. The first-order valence-corrected chi connectivity index (χ1v) is 6.94. The van der Waals surface area contributed by atoms with Crippen LogP contribution in [0.1, 0.15) is 11.1 Å². The van der Waals surface area contributed by atoms with E-state index >= 15 is 0 Å². The van der Waals surface area contributed by atoms with Crippen molar-refractivity contribution in [1.82, 2.24) is 0 Å². The zero-order valence-electron chi connectivity index (χ0n) is 9.99. The predicted octanol–water partition coefficient (Wildman–Crippen LogP) is 4.06. The number of hydrogen-bond donors (Lipinski definition) is 2. The second kappa shape index (κ2) is 6.08. The molecule has 0 aliphatic carbocycles. The van der Waals surface area contributed by atoms with E-state index in [0.29, 0.717) is 16.3 Å². The van der Waals surface area contributed by atoms with Gasteiger partial charge in [0.15, 0.2) is 0 Å². The van der Waals surface area contributed by atoms with Gasteiger partial charge in [-0.25, -0.2) is 4.39 Å². The van der Waals surface area contributed by atoms with Crippen LogP contribution in [0.3, 0.4) is 0 Å². The molecule has 2 aromatic rings. The first-order chi connectivity index (χ1) is 9.06. The van der Waals surface area contributed by atoms with E-state index in [0.717, 1.165) is 10.5 Å². The number of nitrogens with one attached hydrogen (secondary N) is 1. The lowest BCUT2D eigenvalue weighted by Crippen LogP contribution is -2.10. The minimum Gasteiger partial charge on any atom is -0.384 e. The van der Waals surface area contributed by atoms with Crippen LogP contribution in [0.5, 0.6) is 0 Å². The van der Waals surface area contributed by atoms with Crippen molar-refractivity contribution in [2.24, 2.45) is 5.73 Å². The van der Waals surface area contributed by atoms with Crippen molar-refractivity contribution in [1.29, 1.82) is 5.41 Å². The molecule has 0 aliphatic rings. The van der Waals surface area contributed by atoms with E-state index in [4.69, 9.17) is 22.7 Å². The van der Waals surface area contributed by atoms with Gasteiger partial charge in [0.1, 0.15) is 11.7 Å². The summed E-state index contributed by atoms with van der Waals surface area (Å²) in [6.45, 7) is 0. The zero-order chi connectivity index (χ0) is 13.8. The summed E-state index contributed by atoms with van der Waals surface area (Å²) in [7, 11) is 0. The van der Waals surface area contributed by atoms with E-state index < -0.39 is 0 Å². The molecule has 0 atom stereocenters. The van der Waals surface area contributed by atoms with Gasteiger partial charge in [0.2, 0.25) is 0 Å². The fourth-order valence-electron chi connectivity index (χ4n) is 1.52. The summed E-state index contributed by atoms with van der Waals surface area (Å²) in [5, 5.41) is 7.92. The number of rotatable bonds is 4. The SMILES string of the molecule is N=C(N)c1ccc(CSc2ccc(F)cc2)c(Cl)c1. The van der Waals surface area contributed by atoms with Crippen molar-refractivity contribution in [3.05, 3.63) is 64.4 Å². The number of nitrogen functional groups attached to an aromatic ring is 1. The van der Waals surface area contributed by atoms with Crippen LogP contribution < -0.4 is 5.73 Å². The fraction of sp³-hybridized carbons (Fsp3) is 0.0714. The molecule has 98 valence electrons. The van der Waals surface area contributed by atoms with Gasteiger partial charge in [0, 0.05) is 21.2 Å². The third kappa shape index (κ3) is 3.72. The van der Waals surface area contributed by atoms with E-state index in [9.17, 15) is 4.39 Å². The lowest BCUT2D eigenvalue weighted by Gasteiger charge is -2.06. The Balaban J connectivity index is 2.07. The minimum absolute atomic E-state index is 0.000336. The van der Waals surface area contributed by atoms with E-state index in [1.54, 1.807) is 36.0 Å². The van der Waals surface area contributed by atoms with Gasteiger partial charge in [-0.1, -0.05) is 23.7 Å². The molecular formula is C14H12ClFN2S. The highest BCUT2D eigenvalue weighted by atomic mass is 35.5. The first-order valence-electron chi connectivity index (χ1n) is 5.57. The molecule has 0 heterocycles. The van der Waals surface area contributed by atoms with Crippen LogP contribution in [0.25, 0.3) is 0 Å². The smallest absolute Gasteiger partial charge is 0.123 e. The van der Waals surface area contributed by atoms with Gasteiger partial charge < -0.3 is 5.73 Å². The normalized spacial score (nSPS) is 10.4. The molecule has 0 saturated carbocycles. The van der Waals surface area contributed by atoms with Gasteiger partial charge in [0.05, 0.1) is 0 Å². The molecule has 0 aromatic heterocycles. The number of halogens is 2. The van der Waals surface area contributed by atoms with Crippen LogP contribution >= 0.6 is 23.4 Å². The van der Waals surface area contributed by atoms with Crippen LogP contribution in [-0.4, -0.2) is 5.84 Å². The third-order valence-electron chi connectivity index (χ3n) is 2.57. The monoisotopic (exact) mass is 294 g/mol. The van der Waals surface area contributed by atoms with Crippen LogP contribution in [0.15, 0.2) is 47.4 Å². The van der Waals surface area contributed by atoms with Crippen molar-refractivity contribution in [2.45, 2.75) is 10.6 Å². The van der Waals surface area contributed by atoms with Crippen LogP contribution in [-0.2, 0) is 5.75 Å². The summed E-state index contributed by atoms with van der Waals surface area (Å²) in [6.07, 6.45) is 0. The largest absolute Gasteiger partial charge is 0.384 e. The molecule has 0 unspecified atom stereocenters. The molecular weight excluding hydrogens is 283 g/mol. The molecule has 0 saturated heterocycles. The Bertz CT molecular complexity index is 599. The second-order valence-corrected chi connectivity index (χ2v) is 5.42. The van der Waals surface area contributed by atoms with Gasteiger partial charge in [-0.15, -0.1) is 11.8 Å². The Morgan fingerprint density at radius 3 is 2.47 bits per heavy atom. The number of nitrogens with two attached hydrogens (primary N) is 1. The van der Waals surface area contributed by atoms with Crippen molar-refractivity contribution in [2.75, 3.05) is 0 Å². The highest BCUT2D eigenvalue weighted by Gasteiger charge is 2.05. The van der Waals surface area contributed by atoms with Crippen LogP contribution in [0, 0.1) is 11.2 Å². The highest BCUT2D eigenvalue weighted by molar-refractivity contribution is 7.98. The van der Waals surface area contributed by atoms with Crippen LogP contribution in [0.4, 0.5) is 4.39 Å². The van der Waals surface area contributed by atoms with E-state index in [2.05, 4.69) is 0 Å². The molecule has 0 amide bonds. The summed E-state index contributed by atoms with van der Waals surface area (Å²) in [6, 6.07) is 11.6. The molecule has 0 bridgehead atoms. The van der Waals surface area contributed by atoms with Crippen molar-refractivity contribution >= 4 is 29.2 Å². The Morgan fingerprint density at radius 2 is 1.89 bits per heavy atom. The highest BCUT2D eigenvalue weighted by Crippen LogP contribution is 2.27. The maximum Gasteiger partial charge on any atom is 0.123 e. The summed E-state index contributed by atoms with van der Waals surface area (Å²) >= 11 is 7.71. The lowest BCUT2D eigenvalue weighted by molar-refractivity contribution is 0.626. The number of hydrogen-bond acceptors (Lipinski definition) is 2. The molecule has 2 aromatic carbocycles. The molecule has 19 heavy (non-hydrogen) atoms. The number of amidine groups is 1. The summed E-state index contributed by atoms with van der Waals surface area (Å²) in [5.41, 5.74) is 6.97. The number of benzene rings is 2. The quantitative estimate of drug-likeness (QED) is 0.507. The first kappa shape index (κ1) is 13.9. The summed E-state index contributed by atoms with van der Waals surface area (Å²) < 4.78 is 12.8. The lowest BCUT2D eigenvalue weighted by atomic mass is 10.1.